The van der Waals surface area contributed by atoms with Crippen LogP contribution in [0.2, 0.25) is 0 Å². The summed E-state index contributed by atoms with van der Waals surface area (Å²) in [6.45, 7) is 4.68. The lowest BCUT2D eigenvalue weighted by Crippen LogP contribution is -2.39. The SMILES string of the molecule is C[C@H]1CCCN(CC(=O)Nc2ccccc2SCC#N)C1. The average molecular weight is 303 g/mol. The highest BCUT2D eigenvalue weighted by molar-refractivity contribution is 7.99. The number of para-hydroxylation sites is 1. The van der Waals surface area contributed by atoms with Gasteiger partial charge in [0.25, 0.3) is 0 Å². The molecule has 0 aliphatic carbocycles. The van der Waals surface area contributed by atoms with Gasteiger partial charge in [0.1, 0.15) is 0 Å². The molecule has 1 N–H and O–H groups in total. The average Bonchev–Trinajstić information content (AvgIpc) is 2.46. The number of benzene rings is 1. The maximum atomic E-state index is 12.2. The molecule has 1 aromatic rings. The number of hydrogen-bond acceptors (Lipinski definition) is 4. The van der Waals surface area contributed by atoms with Crippen LogP contribution in [-0.4, -0.2) is 36.2 Å². The van der Waals surface area contributed by atoms with E-state index >= 15 is 0 Å². The second kappa shape index (κ2) is 8.06. The van der Waals surface area contributed by atoms with Crippen LogP contribution in [0.1, 0.15) is 19.8 Å². The molecule has 5 heteroatoms. The summed E-state index contributed by atoms with van der Waals surface area (Å²) in [6, 6.07) is 9.74. The molecule has 2 rings (SSSR count). The zero-order valence-electron chi connectivity index (χ0n) is 12.3. The van der Waals surface area contributed by atoms with Gasteiger partial charge < -0.3 is 5.32 Å². The Bertz CT molecular complexity index is 526. The number of carbonyl (C=O) groups is 1. The van der Waals surface area contributed by atoms with Crippen LogP contribution in [0.5, 0.6) is 0 Å². The molecule has 0 unspecified atom stereocenters. The topological polar surface area (TPSA) is 56.1 Å². The van der Waals surface area contributed by atoms with Crippen LogP contribution >= 0.6 is 11.8 Å². The second-order valence-corrected chi connectivity index (χ2v) is 6.49. The monoisotopic (exact) mass is 303 g/mol. The van der Waals surface area contributed by atoms with Gasteiger partial charge in [0.15, 0.2) is 0 Å². The van der Waals surface area contributed by atoms with Gasteiger partial charge >= 0.3 is 0 Å². The molecule has 1 atom stereocenters. The lowest BCUT2D eigenvalue weighted by atomic mass is 10.0. The summed E-state index contributed by atoms with van der Waals surface area (Å²) in [5.74, 6) is 1.08. The van der Waals surface area contributed by atoms with Crippen molar-refractivity contribution in [3.05, 3.63) is 24.3 Å². The Hall–Kier alpha value is -1.51. The first-order valence-electron chi connectivity index (χ1n) is 7.30. The first-order valence-corrected chi connectivity index (χ1v) is 8.28. The van der Waals surface area contributed by atoms with E-state index < -0.39 is 0 Å². The molecule has 1 aliphatic rings. The molecular weight excluding hydrogens is 282 g/mol. The number of likely N-dealkylation sites (tertiary alicyclic amines) is 1. The van der Waals surface area contributed by atoms with Crippen LogP contribution in [0.25, 0.3) is 0 Å². The third-order valence-corrected chi connectivity index (χ3v) is 4.50. The molecule has 1 fully saturated rings. The van der Waals surface area contributed by atoms with Gasteiger partial charge in [-0.15, -0.1) is 11.8 Å². The van der Waals surface area contributed by atoms with E-state index in [1.165, 1.54) is 24.6 Å². The van der Waals surface area contributed by atoms with Crippen molar-refractivity contribution in [1.82, 2.24) is 4.90 Å². The van der Waals surface area contributed by atoms with Crippen LogP contribution in [0.3, 0.4) is 0 Å². The molecule has 21 heavy (non-hydrogen) atoms. The quantitative estimate of drug-likeness (QED) is 0.850. The molecule has 1 aromatic carbocycles. The van der Waals surface area contributed by atoms with E-state index in [2.05, 4.69) is 23.2 Å². The highest BCUT2D eigenvalue weighted by Crippen LogP contribution is 2.26. The van der Waals surface area contributed by atoms with Gasteiger partial charge in [0.05, 0.1) is 24.1 Å². The van der Waals surface area contributed by atoms with Crippen molar-refractivity contribution in [3.63, 3.8) is 0 Å². The van der Waals surface area contributed by atoms with Crippen molar-refractivity contribution in [2.24, 2.45) is 5.92 Å². The van der Waals surface area contributed by atoms with Gasteiger partial charge in [-0.1, -0.05) is 19.1 Å². The van der Waals surface area contributed by atoms with Crippen LogP contribution in [-0.2, 0) is 4.79 Å². The molecule has 4 nitrogen and oxygen atoms in total. The fourth-order valence-electron chi connectivity index (χ4n) is 2.63. The fraction of sp³-hybridized carbons (Fsp3) is 0.500. The molecule has 0 bridgehead atoms. The Labute approximate surface area is 130 Å². The van der Waals surface area contributed by atoms with Gasteiger partial charge in [-0.05, 0) is 37.4 Å². The van der Waals surface area contributed by atoms with Gasteiger partial charge in [0, 0.05) is 11.4 Å². The van der Waals surface area contributed by atoms with E-state index in [9.17, 15) is 4.79 Å². The Morgan fingerprint density at radius 2 is 2.33 bits per heavy atom. The van der Waals surface area contributed by atoms with Crippen LogP contribution in [0, 0.1) is 17.2 Å². The third-order valence-electron chi connectivity index (χ3n) is 3.56. The smallest absolute Gasteiger partial charge is 0.238 e. The molecule has 0 radical (unpaired) electrons. The van der Waals surface area contributed by atoms with Gasteiger partial charge in [-0.25, -0.2) is 0 Å². The van der Waals surface area contributed by atoms with Crippen molar-refractivity contribution in [3.8, 4) is 6.07 Å². The lowest BCUT2D eigenvalue weighted by molar-refractivity contribution is -0.117. The van der Waals surface area contributed by atoms with Crippen molar-refractivity contribution in [2.75, 3.05) is 30.7 Å². The van der Waals surface area contributed by atoms with E-state index in [1.807, 2.05) is 24.3 Å². The Morgan fingerprint density at radius 1 is 1.52 bits per heavy atom. The summed E-state index contributed by atoms with van der Waals surface area (Å²) in [5.41, 5.74) is 0.799. The van der Waals surface area contributed by atoms with E-state index in [-0.39, 0.29) is 5.91 Å². The largest absolute Gasteiger partial charge is 0.324 e. The number of carbonyl (C=O) groups excluding carboxylic acids is 1. The standard InChI is InChI=1S/C16H21N3OS/c1-13-5-4-9-19(11-13)12-16(20)18-14-6-2-3-7-15(14)21-10-8-17/h2-3,6-7,13H,4-5,9-12H2,1H3,(H,18,20)/t13-/m0/s1. The number of amides is 1. The maximum Gasteiger partial charge on any atom is 0.238 e. The fourth-order valence-corrected chi connectivity index (χ4v) is 3.30. The number of piperidine rings is 1. The zero-order valence-corrected chi connectivity index (χ0v) is 13.2. The molecule has 1 amide bonds. The number of nitrogens with one attached hydrogen (secondary N) is 1. The lowest BCUT2D eigenvalue weighted by Gasteiger charge is -2.30. The normalized spacial score (nSPS) is 19.0. The van der Waals surface area contributed by atoms with Crippen molar-refractivity contribution in [1.29, 1.82) is 5.26 Å². The number of nitrogens with zero attached hydrogens (tertiary/aromatic N) is 2. The molecular formula is C16H21N3OS. The highest BCUT2D eigenvalue weighted by Gasteiger charge is 2.18. The highest BCUT2D eigenvalue weighted by atomic mass is 32.2. The first kappa shape index (κ1) is 15.9. The molecule has 112 valence electrons. The van der Waals surface area contributed by atoms with Crippen LogP contribution in [0.15, 0.2) is 29.2 Å². The Kier molecular flexibility index (Phi) is 6.09. The Balaban J connectivity index is 1.91. The first-order chi connectivity index (χ1) is 10.2. The maximum absolute atomic E-state index is 12.2. The minimum atomic E-state index is 0.0223. The molecule has 1 heterocycles. The second-order valence-electron chi connectivity index (χ2n) is 5.47. The molecule has 0 saturated carbocycles. The number of anilines is 1. The van der Waals surface area contributed by atoms with Crippen molar-refractivity contribution >= 4 is 23.4 Å². The van der Waals surface area contributed by atoms with Crippen molar-refractivity contribution < 1.29 is 4.79 Å². The van der Waals surface area contributed by atoms with E-state index in [0.717, 1.165) is 23.7 Å². The van der Waals surface area contributed by atoms with E-state index in [0.29, 0.717) is 18.2 Å². The Morgan fingerprint density at radius 3 is 3.10 bits per heavy atom. The summed E-state index contributed by atoms with van der Waals surface area (Å²) >= 11 is 1.45. The molecule has 1 aliphatic heterocycles. The van der Waals surface area contributed by atoms with Gasteiger partial charge in [-0.3, -0.25) is 9.69 Å². The summed E-state index contributed by atoms with van der Waals surface area (Å²) in [5, 5.41) is 11.6. The van der Waals surface area contributed by atoms with Crippen LogP contribution in [0.4, 0.5) is 5.69 Å². The van der Waals surface area contributed by atoms with E-state index in [4.69, 9.17) is 5.26 Å². The number of thioether (sulfide) groups is 1. The molecule has 0 aromatic heterocycles. The third kappa shape index (κ3) is 5.07. The summed E-state index contributed by atoms with van der Waals surface area (Å²) < 4.78 is 0. The molecule has 0 spiro atoms. The summed E-state index contributed by atoms with van der Waals surface area (Å²) in [6.07, 6.45) is 2.43. The minimum absolute atomic E-state index is 0.0223. The minimum Gasteiger partial charge on any atom is -0.324 e. The zero-order chi connectivity index (χ0) is 15.1. The van der Waals surface area contributed by atoms with Crippen LogP contribution < -0.4 is 5.32 Å². The predicted molar refractivity (Wildman–Crippen MR) is 86.2 cm³/mol. The predicted octanol–water partition coefficient (Wildman–Crippen LogP) is 2.97. The van der Waals surface area contributed by atoms with Gasteiger partial charge in [-0.2, -0.15) is 5.26 Å². The van der Waals surface area contributed by atoms with Gasteiger partial charge in [0.2, 0.25) is 5.91 Å². The number of rotatable bonds is 5. The molecule has 1 saturated heterocycles. The summed E-state index contributed by atoms with van der Waals surface area (Å²) in [4.78, 5) is 15.3. The number of hydrogen-bond donors (Lipinski definition) is 1. The number of nitriles is 1. The van der Waals surface area contributed by atoms with Crippen molar-refractivity contribution in [2.45, 2.75) is 24.7 Å². The summed E-state index contributed by atoms with van der Waals surface area (Å²) in [7, 11) is 0. The van der Waals surface area contributed by atoms with E-state index in [1.54, 1.807) is 0 Å².